The molecular formula is C17H19N3O4. The lowest BCUT2D eigenvalue weighted by Crippen LogP contribution is -2.32. The van der Waals surface area contributed by atoms with Gasteiger partial charge in [0.1, 0.15) is 17.4 Å². The predicted octanol–water partition coefficient (Wildman–Crippen LogP) is 0.753. The fourth-order valence-corrected chi connectivity index (χ4v) is 2.24. The monoisotopic (exact) mass is 329 g/mol. The highest BCUT2D eigenvalue weighted by Gasteiger charge is 2.17. The number of nitrogens with zero attached hydrogens (tertiary/aromatic N) is 1. The van der Waals surface area contributed by atoms with Crippen LogP contribution >= 0.6 is 0 Å². The van der Waals surface area contributed by atoms with Crippen LogP contribution in [0.5, 0.6) is 5.75 Å². The Kier molecular flexibility index (Phi) is 6.34. The van der Waals surface area contributed by atoms with Crippen LogP contribution in [0.4, 0.5) is 0 Å². The van der Waals surface area contributed by atoms with Crippen molar-refractivity contribution in [3.8, 4) is 11.8 Å². The van der Waals surface area contributed by atoms with Crippen molar-refractivity contribution in [2.24, 2.45) is 5.73 Å². The molecular weight excluding hydrogens is 310 g/mol. The number of primary amides is 1. The quantitative estimate of drug-likeness (QED) is 0.566. The third-order valence-electron chi connectivity index (χ3n) is 3.45. The summed E-state index contributed by atoms with van der Waals surface area (Å²) in [6.07, 6.45) is 3.42. The van der Waals surface area contributed by atoms with E-state index in [9.17, 15) is 9.59 Å². The summed E-state index contributed by atoms with van der Waals surface area (Å²) in [5.41, 5.74) is 5.68. The van der Waals surface area contributed by atoms with Crippen molar-refractivity contribution in [3.63, 3.8) is 0 Å². The standard InChI is InChI=1S/C17H19N3O4/c18-9-13(17(22)20-10-15-2-1-7-23-15)8-12-3-5-14(6-4-12)24-11-16(19)21/h3-6,8,15H,1-2,7,10-11H2,(H2,19,21)(H,20,22)/b13-8+/t15-/m0/s1. The normalized spacial score (nSPS) is 17.1. The molecule has 126 valence electrons. The van der Waals surface area contributed by atoms with Crippen LogP contribution < -0.4 is 15.8 Å². The Balaban J connectivity index is 1.94. The molecule has 0 saturated carbocycles. The first-order valence-corrected chi connectivity index (χ1v) is 7.61. The maximum absolute atomic E-state index is 12.0. The summed E-state index contributed by atoms with van der Waals surface area (Å²) >= 11 is 0. The maximum Gasteiger partial charge on any atom is 0.262 e. The van der Waals surface area contributed by atoms with E-state index in [2.05, 4.69) is 5.32 Å². The van der Waals surface area contributed by atoms with Crippen molar-refractivity contribution < 1.29 is 19.1 Å². The Hall–Kier alpha value is -2.85. The fourth-order valence-electron chi connectivity index (χ4n) is 2.24. The molecule has 0 aromatic heterocycles. The number of ether oxygens (including phenoxy) is 2. The van der Waals surface area contributed by atoms with Gasteiger partial charge >= 0.3 is 0 Å². The molecule has 0 spiro atoms. The van der Waals surface area contributed by atoms with Gasteiger partial charge in [-0.1, -0.05) is 12.1 Å². The lowest BCUT2D eigenvalue weighted by Gasteiger charge is -2.10. The summed E-state index contributed by atoms with van der Waals surface area (Å²) in [4.78, 5) is 22.7. The van der Waals surface area contributed by atoms with Gasteiger partial charge < -0.3 is 20.5 Å². The molecule has 2 amide bonds. The summed E-state index contributed by atoms with van der Waals surface area (Å²) in [5, 5.41) is 11.9. The van der Waals surface area contributed by atoms with E-state index in [1.165, 1.54) is 6.08 Å². The number of nitriles is 1. The molecule has 1 heterocycles. The largest absolute Gasteiger partial charge is 0.484 e. The molecule has 2 rings (SSSR count). The molecule has 0 bridgehead atoms. The van der Waals surface area contributed by atoms with Crippen LogP contribution in [0.1, 0.15) is 18.4 Å². The Morgan fingerprint density at radius 1 is 1.42 bits per heavy atom. The molecule has 1 aliphatic rings. The van der Waals surface area contributed by atoms with Gasteiger partial charge in [0, 0.05) is 13.2 Å². The van der Waals surface area contributed by atoms with E-state index in [1.807, 2.05) is 6.07 Å². The SMILES string of the molecule is N#C/C(=C\c1ccc(OCC(N)=O)cc1)C(=O)NC[C@@H]1CCCO1. The van der Waals surface area contributed by atoms with E-state index in [4.69, 9.17) is 20.5 Å². The highest BCUT2D eigenvalue weighted by Crippen LogP contribution is 2.15. The van der Waals surface area contributed by atoms with E-state index in [1.54, 1.807) is 24.3 Å². The van der Waals surface area contributed by atoms with Gasteiger partial charge in [-0.2, -0.15) is 5.26 Å². The zero-order valence-electron chi connectivity index (χ0n) is 13.2. The van der Waals surface area contributed by atoms with Crippen molar-refractivity contribution in [2.75, 3.05) is 19.8 Å². The van der Waals surface area contributed by atoms with E-state index in [0.717, 1.165) is 12.8 Å². The van der Waals surface area contributed by atoms with Crippen LogP contribution in [0, 0.1) is 11.3 Å². The Labute approximate surface area is 140 Å². The maximum atomic E-state index is 12.0. The molecule has 24 heavy (non-hydrogen) atoms. The van der Waals surface area contributed by atoms with Crippen LogP contribution in [-0.2, 0) is 14.3 Å². The van der Waals surface area contributed by atoms with Crippen LogP contribution in [0.25, 0.3) is 6.08 Å². The molecule has 1 aliphatic heterocycles. The molecule has 0 unspecified atom stereocenters. The smallest absolute Gasteiger partial charge is 0.262 e. The predicted molar refractivity (Wildman–Crippen MR) is 86.7 cm³/mol. The van der Waals surface area contributed by atoms with Crippen LogP contribution in [0.15, 0.2) is 29.8 Å². The topological polar surface area (TPSA) is 114 Å². The number of benzene rings is 1. The minimum absolute atomic E-state index is 0.0128. The molecule has 0 aliphatic carbocycles. The lowest BCUT2D eigenvalue weighted by atomic mass is 10.1. The highest BCUT2D eigenvalue weighted by molar-refractivity contribution is 6.01. The first kappa shape index (κ1) is 17.5. The van der Waals surface area contributed by atoms with Gasteiger partial charge in [-0.3, -0.25) is 9.59 Å². The number of rotatable bonds is 7. The average Bonchev–Trinajstić information content (AvgIpc) is 3.10. The third kappa shape index (κ3) is 5.41. The number of hydrogen-bond donors (Lipinski definition) is 2. The van der Waals surface area contributed by atoms with Gasteiger partial charge in [0.25, 0.3) is 11.8 Å². The lowest BCUT2D eigenvalue weighted by molar-refractivity contribution is -0.120. The number of nitrogens with two attached hydrogens (primary N) is 1. The van der Waals surface area contributed by atoms with Crippen LogP contribution in [0.2, 0.25) is 0 Å². The Morgan fingerprint density at radius 2 is 2.17 bits per heavy atom. The van der Waals surface area contributed by atoms with Crippen LogP contribution in [-0.4, -0.2) is 37.7 Å². The molecule has 3 N–H and O–H groups in total. The van der Waals surface area contributed by atoms with Gasteiger partial charge in [-0.05, 0) is 36.6 Å². The van der Waals surface area contributed by atoms with Crippen molar-refractivity contribution in [1.29, 1.82) is 5.26 Å². The van der Waals surface area contributed by atoms with E-state index >= 15 is 0 Å². The summed E-state index contributed by atoms with van der Waals surface area (Å²) in [6.45, 7) is 0.910. The minimum Gasteiger partial charge on any atom is -0.484 e. The summed E-state index contributed by atoms with van der Waals surface area (Å²) < 4.78 is 10.6. The first-order valence-electron chi connectivity index (χ1n) is 7.61. The summed E-state index contributed by atoms with van der Waals surface area (Å²) in [7, 11) is 0. The van der Waals surface area contributed by atoms with E-state index in [-0.39, 0.29) is 18.3 Å². The Bertz CT molecular complexity index is 655. The number of carbonyl (C=O) groups is 2. The Morgan fingerprint density at radius 3 is 2.75 bits per heavy atom. The van der Waals surface area contributed by atoms with E-state index in [0.29, 0.717) is 24.5 Å². The molecule has 0 radical (unpaired) electrons. The second-order valence-electron chi connectivity index (χ2n) is 5.34. The van der Waals surface area contributed by atoms with Crippen molar-refractivity contribution >= 4 is 17.9 Å². The van der Waals surface area contributed by atoms with Gasteiger partial charge in [0.2, 0.25) is 0 Å². The van der Waals surface area contributed by atoms with Gasteiger partial charge in [0.15, 0.2) is 6.61 Å². The second-order valence-corrected chi connectivity index (χ2v) is 5.34. The van der Waals surface area contributed by atoms with Gasteiger partial charge in [-0.15, -0.1) is 0 Å². The van der Waals surface area contributed by atoms with Crippen LogP contribution in [0.3, 0.4) is 0 Å². The molecule has 7 nitrogen and oxygen atoms in total. The number of carbonyl (C=O) groups excluding carboxylic acids is 2. The molecule has 1 aromatic rings. The fraction of sp³-hybridized carbons (Fsp3) is 0.353. The van der Waals surface area contributed by atoms with Crippen molar-refractivity contribution in [1.82, 2.24) is 5.32 Å². The zero-order chi connectivity index (χ0) is 17.4. The van der Waals surface area contributed by atoms with E-state index < -0.39 is 11.8 Å². The van der Waals surface area contributed by atoms with Gasteiger partial charge in [-0.25, -0.2) is 0 Å². The molecule has 1 atom stereocenters. The van der Waals surface area contributed by atoms with Gasteiger partial charge in [0.05, 0.1) is 6.10 Å². The molecule has 1 aromatic carbocycles. The number of nitrogens with one attached hydrogen (secondary N) is 1. The summed E-state index contributed by atoms with van der Waals surface area (Å²) in [5.74, 6) is -0.511. The molecule has 1 fully saturated rings. The van der Waals surface area contributed by atoms with Crippen molar-refractivity contribution in [3.05, 3.63) is 35.4 Å². The minimum atomic E-state index is -0.561. The first-order chi connectivity index (χ1) is 11.6. The molecule has 7 heteroatoms. The highest BCUT2D eigenvalue weighted by atomic mass is 16.5. The number of amides is 2. The summed E-state index contributed by atoms with van der Waals surface area (Å²) in [6, 6.07) is 8.53. The molecule has 1 saturated heterocycles. The zero-order valence-corrected chi connectivity index (χ0v) is 13.2. The third-order valence-corrected chi connectivity index (χ3v) is 3.45. The number of hydrogen-bond acceptors (Lipinski definition) is 5. The van der Waals surface area contributed by atoms with Crippen molar-refractivity contribution in [2.45, 2.75) is 18.9 Å². The average molecular weight is 329 g/mol. The second kappa shape index (κ2) is 8.70.